The summed E-state index contributed by atoms with van der Waals surface area (Å²) < 4.78 is 0. The number of carbonyl (C=O) groups excluding carboxylic acids is 1. The fourth-order valence-electron chi connectivity index (χ4n) is 4.53. The molecule has 0 spiro atoms. The first kappa shape index (κ1) is 24.4. The molecule has 3 rings (SSSR count). The molecule has 1 aliphatic heterocycles. The highest BCUT2D eigenvalue weighted by molar-refractivity contribution is 5.83. The summed E-state index contributed by atoms with van der Waals surface area (Å²) in [5.41, 5.74) is 5.92. The molecule has 2 aromatic carbocycles. The number of hydrazone groups is 1. The minimum Gasteiger partial charge on any atom is -0.338 e. The van der Waals surface area contributed by atoms with E-state index in [2.05, 4.69) is 55.4 Å². The van der Waals surface area contributed by atoms with Crippen molar-refractivity contribution < 1.29 is 4.79 Å². The van der Waals surface area contributed by atoms with Crippen LogP contribution in [0, 0.1) is 0 Å². The van der Waals surface area contributed by atoms with Crippen molar-refractivity contribution in [3.63, 3.8) is 0 Å². The zero-order chi connectivity index (χ0) is 23.6. The normalized spacial score (nSPS) is 16.1. The summed E-state index contributed by atoms with van der Waals surface area (Å²) in [5, 5.41) is 5.56. The highest BCUT2D eigenvalue weighted by atomic mass is 16.2. The first-order valence-electron chi connectivity index (χ1n) is 11.9. The largest absolute Gasteiger partial charge is 0.338 e. The quantitative estimate of drug-likeness (QED) is 0.266. The molecule has 0 aromatic heterocycles. The van der Waals surface area contributed by atoms with E-state index in [1.165, 1.54) is 23.1 Å². The van der Waals surface area contributed by atoms with Gasteiger partial charge in [0.25, 0.3) is 0 Å². The Bertz CT molecular complexity index is 983. The molecule has 5 heteroatoms. The minimum atomic E-state index is 0.0832. The summed E-state index contributed by atoms with van der Waals surface area (Å²) in [6.07, 6.45) is 7.83. The molecule has 0 aliphatic carbocycles. The van der Waals surface area contributed by atoms with Gasteiger partial charge in [0, 0.05) is 19.3 Å². The Hall–Kier alpha value is -3.21. The summed E-state index contributed by atoms with van der Waals surface area (Å²) in [7, 11) is 0. The average molecular weight is 445 g/mol. The predicted molar refractivity (Wildman–Crippen MR) is 140 cm³/mol. The molecule has 1 atom stereocenters. The monoisotopic (exact) mass is 444 g/mol. The van der Waals surface area contributed by atoms with Crippen molar-refractivity contribution in [2.24, 2.45) is 10.1 Å². The Morgan fingerprint density at radius 2 is 2.00 bits per heavy atom. The number of hydrogen-bond acceptors (Lipinski definition) is 3. The SMILES string of the molecule is C=NN(C=NCC(=O)N1CCCCC1CCc1ccc(C(=C)C)c(CC)c1)c1ccccc1. The van der Waals surface area contributed by atoms with E-state index in [-0.39, 0.29) is 18.5 Å². The number of anilines is 1. The molecule has 1 saturated heterocycles. The summed E-state index contributed by atoms with van der Waals surface area (Å²) in [6, 6.07) is 16.6. The second-order valence-electron chi connectivity index (χ2n) is 8.68. The van der Waals surface area contributed by atoms with Crippen LogP contribution >= 0.6 is 0 Å². The molecule has 2 aromatic rings. The van der Waals surface area contributed by atoms with Crippen LogP contribution < -0.4 is 5.01 Å². The highest BCUT2D eigenvalue weighted by Gasteiger charge is 2.26. The molecule has 33 heavy (non-hydrogen) atoms. The number of para-hydroxylation sites is 1. The molecule has 1 fully saturated rings. The van der Waals surface area contributed by atoms with Gasteiger partial charge in [0.15, 0.2) is 0 Å². The molecule has 0 bridgehead atoms. The molecule has 5 nitrogen and oxygen atoms in total. The van der Waals surface area contributed by atoms with E-state index in [0.29, 0.717) is 0 Å². The van der Waals surface area contributed by atoms with Crippen molar-refractivity contribution in [1.82, 2.24) is 4.90 Å². The van der Waals surface area contributed by atoms with Crippen LogP contribution in [0.4, 0.5) is 5.69 Å². The molecule has 0 radical (unpaired) electrons. The topological polar surface area (TPSA) is 48.3 Å². The van der Waals surface area contributed by atoms with Crippen LogP contribution in [0.3, 0.4) is 0 Å². The number of likely N-dealkylation sites (tertiary alicyclic amines) is 1. The van der Waals surface area contributed by atoms with Gasteiger partial charge in [0.05, 0.1) is 5.69 Å². The lowest BCUT2D eigenvalue weighted by Crippen LogP contribution is -2.45. The zero-order valence-electron chi connectivity index (χ0n) is 20.0. The highest BCUT2D eigenvalue weighted by Crippen LogP contribution is 2.24. The van der Waals surface area contributed by atoms with Crippen LogP contribution in [-0.4, -0.2) is 43.0 Å². The number of allylic oxidation sites excluding steroid dienone is 1. The molecule has 1 unspecified atom stereocenters. The molecule has 1 heterocycles. The molecular formula is C28H36N4O. The number of carbonyl (C=O) groups is 1. The number of aryl methyl sites for hydroxylation is 2. The molecule has 0 N–H and O–H groups in total. The van der Waals surface area contributed by atoms with E-state index < -0.39 is 0 Å². The van der Waals surface area contributed by atoms with Crippen molar-refractivity contribution in [2.75, 3.05) is 18.1 Å². The Balaban J connectivity index is 1.60. The van der Waals surface area contributed by atoms with Gasteiger partial charge >= 0.3 is 0 Å². The van der Waals surface area contributed by atoms with Crippen LogP contribution in [0.25, 0.3) is 5.57 Å². The van der Waals surface area contributed by atoms with Gasteiger partial charge in [-0.15, -0.1) is 0 Å². The number of aliphatic imine (C=N–C) groups is 1. The van der Waals surface area contributed by atoms with Crippen molar-refractivity contribution in [3.8, 4) is 0 Å². The second kappa shape index (κ2) is 12.1. The van der Waals surface area contributed by atoms with E-state index in [1.54, 1.807) is 11.3 Å². The smallest absolute Gasteiger partial charge is 0.244 e. The Morgan fingerprint density at radius 3 is 2.70 bits per heavy atom. The summed E-state index contributed by atoms with van der Waals surface area (Å²) in [4.78, 5) is 19.4. The Labute approximate surface area is 198 Å². The maximum absolute atomic E-state index is 13.0. The number of benzene rings is 2. The van der Waals surface area contributed by atoms with E-state index in [9.17, 15) is 4.79 Å². The molecule has 174 valence electrons. The first-order chi connectivity index (χ1) is 16.0. The predicted octanol–water partition coefficient (Wildman–Crippen LogP) is 5.75. The number of amides is 1. The molecule has 0 saturated carbocycles. The Kier molecular flexibility index (Phi) is 8.99. The van der Waals surface area contributed by atoms with Gasteiger partial charge in [0.2, 0.25) is 5.91 Å². The maximum Gasteiger partial charge on any atom is 0.244 e. The van der Waals surface area contributed by atoms with Gasteiger partial charge in [-0.2, -0.15) is 5.10 Å². The lowest BCUT2D eigenvalue weighted by Gasteiger charge is -2.35. The van der Waals surface area contributed by atoms with Gasteiger partial charge in [-0.05, 0) is 74.3 Å². The molecule has 1 amide bonds. The maximum atomic E-state index is 13.0. The van der Waals surface area contributed by atoms with Gasteiger partial charge in [0.1, 0.15) is 12.9 Å². The lowest BCUT2D eigenvalue weighted by molar-refractivity contribution is -0.133. The van der Waals surface area contributed by atoms with Gasteiger partial charge < -0.3 is 4.90 Å². The minimum absolute atomic E-state index is 0.0832. The summed E-state index contributed by atoms with van der Waals surface area (Å²) >= 11 is 0. The van der Waals surface area contributed by atoms with Gasteiger partial charge in [-0.3, -0.25) is 9.79 Å². The third-order valence-corrected chi connectivity index (χ3v) is 6.31. The fourth-order valence-corrected chi connectivity index (χ4v) is 4.53. The van der Waals surface area contributed by atoms with E-state index in [1.807, 2.05) is 35.2 Å². The second-order valence-corrected chi connectivity index (χ2v) is 8.68. The van der Waals surface area contributed by atoms with Gasteiger partial charge in [-0.1, -0.05) is 55.5 Å². The zero-order valence-corrected chi connectivity index (χ0v) is 20.0. The van der Waals surface area contributed by atoms with Gasteiger partial charge in [-0.25, -0.2) is 5.01 Å². The number of rotatable bonds is 10. The van der Waals surface area contributed by atoms with E-state index in [4.69, 9.17) is 0 Å². The van der Waals surface area contributed by atoms with Crippen LogP contribution in [-0.2, 0) is 17.6 Å². The standard InChI is InChI=1S/C28H36N4O/c1-5-24-19-23(15-17-27(24)22(2)3)14-16-25-11-9-10-18-31(25)28(33)20-30-21-32(29-4)26-12-7-6-8-13-26/h6-8,12-13,15,17,19,21,25H,2,4-5,9-11,14,16,18,20H2,1,3H3. The van der Waals surface area contributed by atoms with Crippen molar-refractivity contribution in [2.45, 2.75) is 58.4 Å². The number of piperidine rings is 1. The van der Waals surface area contributed by atoms with E-state index >= 15 is 0 Å². The van der Waals surface area contributed by atoms with Crippen molar-refractivity contribution >= 4 is 30.2 Å². The third-order valence-electron chi connectivity index (χ3n) is 6.31. The first-order valence-corrected chi connectivity index (χ1v) is 11.9. The van der Waals surface area contributed by atoms with Crippen LogP contribution in [0.1, 0.15) is 56.2 Å². The number of nitrogens with zero attached hydrogens (tertiary/aromatic N) is 4. The van der Waals surface area contributed by atoms with Crippen molar-refractivity contribution in [3.05, 3.63) is 71.8 Å². The van der Waals surface area contributed by atoms with Crippen LogP contribution in [0.2, 0.25) is 0 Å². The third kappa shape index (κ3) is 6.64. The summed E-state index contributed by atoms with van der Waals surface area (Å²) in [6.45, 7) is 12.9. The lowest BCUT2D eigenvalue weighted by atomic mass is 9.92. The van der Waals surface area contributed by atoms with E-state index in [0.717, 1.165) is 49.9 Å². The van der Waals surface area contributed by atoms with Crippen molar-refractivity contribution in [1.29, 1.82) is 0 Å². The van der Waals surface area contributed by atoms with Crippen LogP contribution in [0.5, 0.6) is 0 Å². The van der Waals surface area contributed by atoms with Crippen LogP contribution in [0.15, 0.2) is 65.2 Å². The molecule has 1 aliphatic rings. The molecular weight excluding hydrogens is 408 g/mol. The summed E-state index contributed by atoms with van der Waals surface area (Å²) in [5.74, 6) is 0.0832. The Morgan fingerprint density at radius 1 is 1.21 bits per heavy atom. The number of hydrogen-bond donors (Lipinski definition) is 0. The fraction of sp³-hybridized carbons (Fsp3) is 0.393. The average Bonchev–Trinajstić information content (AvgIpc) is 2.85.